The molecule has 1 unspecified atom stereocenters. The van der Waals surface area contributed by atoms with Crippen LogP contribution in [0.5, 0.6) is 0 Å². The predicted molar refractivity (Wildman–Crippen MR) is 116 cm³/mol. The van der Waals surface area contributed by atoms with Gasteiger partial charge in [-0.25, -0.2) is 4.68 Å². The molecule has 34 heavy (non-hydrogen) atoms. The molecule has 1 saturated heterocycles. The van der Waals surface area contributed by atoms with Gasteiger partial charge >= 0.3 is 0 Å². The number of fused-ring (bicyclic) bond motifs is 1. The lowest BCUT2D eigenvalue weighted by molar-refractivity contribution is -0.136. The number of amides is 5. The van der Waals surface area contributed by atoms with Gasteiger partial charge in [-0.1, -0.05) is 17.7 Å². The highest BCUT2D eigenvalue weighted by molar-refractivity contribution is 6.26. The molecule has 0 spiro atoms. The Kier molecular flexibility index (Phi) is 5.44. The minimum absolute atomic E-state index is 0.0155. The molecule has 176 valence electrons. The van der Waals surface area contributed by atoms with Crippen LogP contribution in [-0.2, 0) is 20.9 Å². The van der Waals surface area contributed by atoms with Crippen LogP contribution in [0, 0.1) is 0 Å². The third-order valence-corrected chi connectivity index (χ3v) is 6.55. The van der Waals surface area contributed by atoms with Crippen LogP contribution in [0.25, 0.3) is 0 Å². The molecule has 3 aliphatic rings. The first kappa shape index (κ1) is 21.9. The van der Waals surface area contributed by atoms with E-state index < -0.39 is 35.6 Å². The van der Waals surface area contributed by atoms with E-state index in [0.29, 0.717) is 0 Å². The van der Waals surface area contributed by atoms with E-state index in [-0.39, 0.29) is 48.2 Å². The number of anilines is 1. The van der Waals surface area contributed by atoms with Crippen LogP contribution in [0.2, 0.25) is 0 Å². The smallest absolute Gasteiger partial charge is 0.264 e. The minimum Gasteiger partial charge on any atom is -0.327 e. The second-order valence-electron chi connectivity index (χ2n) is 8.77. The fourth-order valence-electron chi connectivity index (χ4n) is 4.87. The molecule has 3 atom stereocenters. The van der Waals surface area contributed by atoms with Crippen LogP contribution in [-0.4, -0.2) is 61.5 Å². The maximum atomic E-state index is 13.1. The van der Waals surface area contributed by atoms with Crippen molar-refractivity contribution >= 4 is 35.2 Å². The summed E-state index contributed by atoms with van der Waals surface area (Å²) in [5.74, 6) is -2.81. The standard InChI is InChI=1S/C22H23N7O5/c23-13-5-1-3-11(13)15-9-28(27-26-15)10-18(31)24-14-6-2-4-12-19(14)22(34)29(21(12)33)16-7-8-17(30)25-20(16)32/h2,4,6,9,11,13,16H,1,3,5,7-8,10,23H2,(H,24,31)(H,25,30,32)/t11-,13+,16?/m0/s1. The fraction of sp³-hybridized carbons (Fsp3) is 0.409. The lowest BCUT2D eigenvalue weighted by Crippen LogP contribution is -2.54. The summed E-state index contributed by atoms with van der Waals surface area (Å²) in [6.07, 6.45) is 4.67. The van der Waals surface area contributed by atoms with Gasteiger partial charge in [-0.2, -0.15) is 0 Å². The highest BCUT2D eigenvalue weighted by Gasteiger charge is 2.45. The summed E-state index contributed by atoms with van der Waals surface area (Å²) >= 11 is 0. The summed E-state index contributed by atoms with van der Waals surface area (Å²) in [6, 6.07) is 3.47. The molecule has 2 fully saturated rings. The van der Waals surface area contributed by atoms with Gasteiger partial charge in [0.25, 0.3) is 11.8 Å². The first-order valence-corrected chi connectivity index (χ1v) is 11.1. The van der Waals surface area contributed by atoms with Crippen molar-refractivity contribution in [1.29, 1.82) is 0 Å². The molecule has 0 radical (unpaired) electrons. The van der Waals surface area contributed by atoms with Crippen molar-refractivity contribution in [1.82, 2.24) is 25.2 Å². The van der Waals surface area contributed by atoms with Crippen LogP contribution < -0.4 is 16.4 Å². The molecule has 2 aromatic rings. The number of rotatable bonds is 5. The van der Waals surface area contributed by atoms with Crippen molar-refractivity contribution in [3.05, 3.63) is 41.2 Å². The zero-order valence-corrected chi connectivity index (χ0v) is 18.2. The molecule has 12 nitrogen and oxygen atoms in total. The normalized spacial score (nSPS) is 24.4. The van der Waals surface area contributed by atoms with Gasteiger partial charge in [-0.15, -0.1) is 5.10 Å². The Bertz CT molecular complexity index is 1220. The summed E-state index contributed by atoms with van der Waals surface area (Å²) in [6.45, 7) is -0.141. The van der Waals surface area contributed by atoms with E-state index in [0.717, 1.165) is 29.9 Å². The Labute approximate surface area is 193 Å². The van der Waals surface area contributed by atoms with E-state index in [1.54, 1.807) is 12.3 Å². The molecule has 4 N–H and O–H groups in total. The summed E-state index contributed by atoms with van der Waals surface area (Å²) < 4.78 is 1.40. The maximum Gasteiger partial charge on any atom is 0.264 e. The van der Waals surface area contributed by atoms with Crippen LogP contribution >= 0.6 is 0 Å². The van der Waals surface area contributed by atoms with Crippen molar-refractivity contribution in [3.8, 4) is 0 Å². The summed E-state index contributed by atoms with van der Waals surface area (Å²) in [5.41, 5.74) is 7.13. The van der Waals surface area contributed by atoms with Crippen LogP contribution in [0.4, 0.5) is 5.69 Å². The molecule has 0 bridgehead atoms. The number of carbonyl (C=O) groups excluding carboxylic acids is 5. The van der Waals surface area contributed by atoms with Crippen LogP contribution in [0.15, 0.2) is 24.4 Å². The number of hydrogen-bond acceptors (Lipinski definition) is 8. The van der Waals surface area contributed by atoms with Gasteiger partial charge in [0.2, 0.25) is 17.7 Å². The third-order valence-electron chi connectivity index (χ3n) is 6.55. The van der Waals surface area contributed by atoms with Crippen molar-refractivity contribution < 1.29 is 24.0 Å². The van der Waals surface area contributed by atoms with Crippen LogP contribution in [0.1, 0.15) is 64.4 Å². The monoisotopic (exact) mass is 465 g/mol. The van der Waals surface area contributed by atoms with E-state index in [1.807, 2.05) is 0 Å². The van der Waals surface area contributed by atoms with E-state index in [4.69, 9.17) is 5.73 Å². The van der Waals surface area contributed by atoms with E-state index in [2.05, 4.69) is 20.9 Å². The van der Waals surface area contributed by atoms with Crippen LogP contribution in [0.3, 0.4) is 0 Å². The maximum absolute atomic E-state index is 13.1. The van der Waals surface area contributed by atoms with Gasteiger partial charge in [-0.05, 0) is 31.4 Å². The summed E-state index contributed by atoms with van der Waals surface area (Å²) in [4.78, 5) is 63.3. The van der Waals surface area contributed by atoms with Gasteiger partial charge < -0.3 is 11.1 Å². The number of nitrogens with one attached hydrogen (secondary N) is 2. The first-order valence-electron chi connectivity index (χ1n) is 11.1. The number of piperidine rings is 1. The summed E-state index contributed by atoms with van der Waals surface area (Å²) in [7, 11) is 0. The fourth-order valence-corrected chi connectivity index (χ4v) is 4.87. The molecule has 3 heterocycles. The average molecular weight is 465 g/mol. The summed E-state index contributed by atoms with van der Waals surface area (Å²) in [5, 5.41) is 13.0. The molecule has 1 aliphatic carbocycles. The Morgan fingerprint density at radius 2 is 1.97 bits per heavy atom. The number of aromatic nitrogens is 3. The molecule has 1 aromatic carbocycles. The lowest BCUT2D eigenvalue weighted by Gasteiger charge is -2.27. The van der Waals surface area contributed by atoms with Gasteiger partial charge in [0.1, 0.15) is 12.6 Å². The number of imide groups is 2. The quantitative estimate of drug-likeness (QED) is 0.515. The zero-order valence-electron chi connectivity index (χ0n) is 18.2. The average Bonchev–Trinajstić information content (AvgIpc) is 3.48. The highest BCUT2D eigenvalue weighted by atomic mass is 16.2. The predicted octanol–water partition coefficient (Wildman–Crippen LogP) is -0.0872. The van der Waals surface area contributed by atoms with Gasteiger partial charge in [0.15, 0.2) is 0 Å². The second-order valence-corrected chi connectivity index (χ2v) is 8.77. The topological polar surface area (TPSA) is 169 Å². The molecule has 1 saturated carbocycles. The van der Waals surface area contributed by atoms with Gasteiger partial charge in [-0.3, -0.25) is 34.2 Å². The van der Waals surface area contributed by atoms with E-state index in [9.17, 15) is 24.0 Å². The zero-order chi connectivity index (χ0) is 24.0. The van der Waals surface area contributed by atoms with E-state index >= 15 is 0 Å². The molecular weight excluding hydrogens is 442 g/mol. The molecule has 2 aliphatic heterocycles. The van der Waals surface area contributed by atoms with Crippen molar-refractivity contribution in [2.75, 3.05) is 5.32 Å². The SMILES string of the molecule is N[C@@H]1CCC[C@@H]1c1cn(CC(=O)Nc2cccc3c2C(=O)N(C2CCC(=O)NC2=O)C3=O)nn1. The Morgan fingerprint density at radius 1 is 1.15 bits per heavy atom. The van der Waals surface area contributed by atoms with E-state index in [1.165, 1.54) is 16.8 Å². The number of benzene rings is 1. The molecular formula is C22H23N7O5. The van der Waals surface area contributed by atoms with Crippen molar-refractivity contribution in [2.45, 2.75) is 56.7 Å². The van der Waals surface area contributed by atoms with Crippen molar-refractivity contribution in [3.63, 3.8) is 0 Å². The Morgan fingerprint density at radius 3 is 2.71 bits per heavy atom. The van der Waals surface area contributed by atoms with Crippen molar-refractivity contribution in [2.24, 2.45) is 5.73 Å². The largest absolute Gasteiger partial charge is 0.327 e. The number of carbonyl (C=O) groups is 5. The number of nitrogens with zero attached hydrogens (tertiary/aromatic N) is 4. The molecule has 1 aromatic heterocycles. The second kappa shape index (κ2) is 8.45. The highest BCUT2D eigenvalue weighted by Crippen LogP contribution is 2.33. The first-order chi connectivity index (χ1) is 16.3. The van der Waals surface area contributed by atoms with Gasteiger partial charge in [0, 0.05) is 24.6 Å². The third kappa shape index (κ3) is 3.75. The minimum atomic E-state index is -1.08. The number of nitrogens with two attached hydrogens (primary N) is 1. The molecule has 12 heteroatoms. The Balaban J connectivity index is 1.32. The van der Waals surface area contributed by atoms with Gasteiger partial charge in [0.05, 0.1) is 22.5 Å². The molecule has 5 amide bonds. The lowest BCUT2D eigenvalue weighted by atomic mass is 10.0. The number of hydrogen-bond donors (Lipinski definition) is 3. The molecule has 5 rings (SSSR count). The Hall–Kier alpha value is -3.93.